The van der Waals surface area contributed by atoms with Crippen LogP contribution in [0, 0.1) is 27.7 Å². The Balaban J connectivity index is 2.96. The maximum atomic E-state index is 13.7. The van der Waals surface area contributed by atoms with E-state index < -0.39 is 33.7 Å². The highest BCUT2D eigenvalue weighted by atomic mass is 19.1. The van der Waals surface area contributed by atoms with E-state index in [1.807, 2.05) is 13.8 Å². The zero-order chi connectivity index (χ0) is 15.4. The zero-order valence-corrected chi connectivity index (χ0v) is 11.0. The fourth-order valence-electron chi connectivity index (χ4n) is 1.41. The van der Waals surface area contributed by atoms with Crippen molar-refractivity contribution in [3.63, 3.8) is 0 Å². The van der Waals surface area contributed by atoms with Crippen molar-refractivity contribution in [3.05, 3.63) is 39.4 Å². The Bertz CT molecular complexity index is 535. The molecular weight excluding hydrogens is 272 g/mol. The van der Waals surface area contributed by atoms with Crippen LogP contribution in [0.3, 0.4) is 0 Å². The van der Waals surface area contributed by atoms with E-state index in [1.54, 1.807) is 0 Å². The topological polar surface area (TPSA) is 98.3 Å². The van der Waals surface area contributed by atoms with Crippen LogP contribution in [0.25, 0.3) is 0 Å². The molecule has 1 aromatic rings. The van der Waals surface area contributed by atoms with Crippen LogP contribution in [0.15, 0.2) is 12.1 Å². The van der Waals surface area contributed by atoms with Crippen molar-refractivity contribution in [2.24, 2.45) is 11.7 Å². The van der Waals surface area contributed by atoms with Gasteiger partial charge in [0.2, 0.25) is 5.82 Å². The number of hydrogen-bond donors (Lipinski definition) is 2. The standard InChI is InChI=1S/C12H15F2N3O3/c1-6(2)9(15)5-16-12(18)8-3-7(13)4-10(11(8)14)17(19)20/h3-4,6,9H,5,15H2,1-2H3,(H,16,18). The minimum Gasteiger partial charge on any atom is -0.350 e. The minimum absolute atomic E-state index is 0.0558. The van der Waals surface area contributed by atoms with Crippen molar-refractivity contribution in [1.29, 1.82) is 0 Å². The molecule has 0 heterocycles. The summed E-state index contributed by atoms with van der Waals surface area (Å²) in [6.45, 7) is 3.73. The monoisotopic (exact) mass is 287 g/mol. The highest BCUT2D eigenvalue weighted by Gasteiger charge is 2.24. The third-order valence-electron chi connectivity index (χ3n) is 2.81. The zero-order valence-electron chi connectivity index (χ0n) is 11.0. The number of nitro groups is 1. The smallest absolute Gasteiger partial charge is 0.308 e. The normalized spacial score (nSPS) is 12.3. The molecule has 0 fully saturated rings. The fourth-order valence-corrected chi connectivity index (χ4v) is 1.41. The maximum absolute atomic E-state index is 13.7. The Morgan fingerprint density at radius 1 is 1.45 bits per heavy atom. The summed E-state index contributed by atoms with van der Waals surface area (Å²) in [5, 5.41) is 12.9. The number of nitrogens with two attached hydrogens (primary N) is 1. The van der Waals surface area contributed by atoms with Crippen molar-refractivity contribution in [2.75, 3.05) is 6.54 Å². The average Bonchev–Trinajstić information content (AvgIpc) is 2.37. The van der Waals surface area contributed by atoms with Gasteiger partial charge in [-0.2, -0.15) is 4.39 Å². The first-order chi connectivity index (χ1) is 9.23. The third kappa shape index (κ3) is 3.70. The number of amides is 1. The van der Waals surface area contributed by atoms with Gasteiger partial charge in [-0.05, 0) is 12.0 Å². The van der Waals surface area contributed by atoms with Crippen molar-refractivity contribution in [2.45, 2.75) is 19.9 Å². The van der Waals surface area contributed by atoms with Crippen LogP contribution in [0.5, 0.6) is 0 Å². The molecule has 1 unspecified atom stereocenters. The first-order valence-corrected chi connectivity index (χ1v) is 5.91. The summed E-state index contributed by atoms with van der Waals surface area (Å²) in [6.07, 6.45) is 0. The highest BCUT2D eigenvalue weighted by Crippen LogP contribution is 2.22. The Kier molecular flexibility index (Phi) is 5.09. The Labute approximate surface area is 114 Å². The van der Waals surface area contributed by atoms with Crippen LogP contribution in [-0.4, -0.2) is 23.4 Å². The molecule has 6 nitrogen and oxygen atoms in total. The molecule has 0 aliphatic rings. The van der Waals surface area contributed by atoms with Gasteiger partial charge in [0.25, 0.3) is 5.91 Å². The lowest BCUT2D eigenvalue weighted by Gasteiger charge is -2.16. The molecule has 0 radical (unpaired) electrons. The third-order valence-corrected chi connectivity index (χ3v) is 2.81. The number of hydrogen-bond acceptors (Lipinski definition) is 4. The molecule has 0 spiro atoms. The molecule has 110 valence electrons. The van der Waals surface area contributed by atoms with Crippen LogP contribution < -0.4 is 11.1 Å². The quantitative estimate of drug-likeness (QED) is 0.634. The second-order valence-corrected chi connectivity index (χ2v) is 4.66. The van der Waals surface area contributed by atoms with Crippen LogP contribution in [-0.2, 0) is 0 Å². The van der Waals surface area contributed by atoms with Crippen LogP contribution in [0.2, 0.25) is 0 Å². The van der Waals surface area contributed by atoms with E-state index in [-0.39, 0.29) is 18.5 Å². The predicted molar refractivity (Wildman–Crippen MR) is 68.2 cm³/mol. The lowest BCUT2D eigenvalue weighted by Crippen LogP contribution is -2.40. The number of carbonyl (C=O) groups is 1. The Hall–Kier alpha value is -2.09. The van der Waals surface area contributed by atoms with Gasteiger partial charge in [0, 0.05) is 12.6 Å². The Morgan fingerprint density at radius 2 is 2.05 bits per heavy atom. The van der Waals surface area contributed by atoms with Crippen molar-refractivity contribution in [1.82, 2.24) is 5.32 Å². The summed E-state index contributed by atoms with van der Waals surface area (Å²) in [4.78, 5) is 21.2. The lowest BCUT2D eigenvalue weighted by molar-refractivity contribution is -0.387. The number of halogens is 2. The molecule has 3 N–H and O–H groups in total. The van der Waals surface area contributed by atoms with Crippen LogP contribution in [0.4, 0.5) is 14.5 Å². The minimum atomic E-state index is -1.37. The van der Waals surface area contributed by atoms with Crippen molar-refractivity contribution in [3.8, 4) is 0 Å². The van der Waals surface area contributed by atoms with Gasteiger partial charge in [-0.1, -0.05) is 13.8 Å². The van der Waals surface area contributed by atoms with E-state index in [2.05, 4.69) is 5.32 Å². The summed E-state index contributed by atoms with van der Waals surface area (Å²) < 4.78 is 26.9. The first-order valence-electron chi connectivity index (χ1n) is 5.91. The van der Waals surface area contributed by atoms with Gasteiger partial charge in [-0.15, -0.1) is 0 Å². The molecule has 1 rings (SSSR count). The van der Waals surface area contributed by atoms with Crippen LogP contribution in [0.1, 0.15) is 24.2 Å². The van der Waals surface area contributed by atoms with E-state index in [4.69, 9.17) is 5.73 Å². The molecule has 1 aromatic carbocycles. The molecule has 0 saturated heterocycles. The summed E-state index contributed by atoms with van der Waals surface area (Å²) in [7, 11) is 0. The average molecular weight is 287 g/mol. The summed E-state index contributed by atoms with van der Waals surface area (Å²) in [6, 6.07) is 0.676. The predicted octanol–water partition coefficient (Wildman–Crippen LogP) is 1.59. The van der Waals surface area contributed by atoms with E-state index in [0.717, 1.165) is 0 Å². The highest BCUT2D eigenvalue weighted by molar-refractivity contribution is 5.95. The summed E-state index contributed by atoms with van der Waals surface area (Å²) in [5.41, 5.74) is 3.90. The largest absolute Gasteiger partial charge is 0.350 e. The van der Waals surface area contributed by atoms with Gasteiger partial charge in [0.05, 0.1) is 16.6 Å². The van der Waals surface area contributed by atoms with Gasteiger partial charge in [-0.3, -0.25) is 14.9 Å². The van der Waals surface area contributed by atoms with Gasteiger partial charge in [-0.25, -0.2) is 4.39 Å². The molecule has 0 aromatic heterocycles. The van der Waals surface area contributed by atoms with E-state index >= 15 is 0 Å². The maximum Gasteiger partial charge on any atom is 0.308 e. The number of nitro benzene ring substituents is 1. The van der Waals surface area contributed by atoms with Gasteiger partial charge in [0.15, 0.2) is 0 Å². The number of nitrogens with one attached hydrogen (secondary N) is 1. The van der Waals surface area contributed by atoms with Crippen LogP contribution >= 0.6 is 0 Å². The molecule has 0 bridgehead atoms. The molecule has 1 atom stereocenters. The molecule has 0 aliphatic carbocycles. The summed E-state index contributed by atoms with van der Waals surface area (Å²) in [5.74, 6) is -3.29. The molecule has 0 saturated carbocycles. The van der Waals surface area contributed by atoms with Crippen molar-refractivity contribution < 1.29 is 18.5 Å². The SMILES string of the molecule is CC(C)C(N)CNC(=O)c1cc(F)cc([N+](=O)[O-])c1F. The molecule has 1 amide bonds. The second-order valence-electron chi connectivity index (χ2n) is 4.66. The number of carbonyl (C=O) groups excluding carboxylic acids is 1. The van der Waals surface area contributed by atoms with E-state index in [9.17, 15) is 23.7 Å². The number of nitrogens with zero attached hydrogens (tertiary/aromatic N) is 1. The first kappa shape index (κ1) is 16.0. The Morgan fingerprint density at radius 3 is 2.55 bits per heavy atom. The van der Waals surface area contributed by atoms with E-state index in [0.29, 0.717) is 12.1 Å². The summed E-state index contributed by atoms with van der Waals surface area (Å²) >= 11 is 0. The molecular formula is C12H15F2N3O3. The van der Waals surface area contributed by atoms with Gasteiger partial charge in [0.1, 0.15) is 5.82 Å². The number of benzene rings is 1. The lowest BCUT2D eigenvalue weighted by atomic mass is 10.1. The molecule has 20 heavy (non-hydrogen) atoms. The number of rotatable bonds is 5. The molecule has 0 aliphatic heterocycles. The molecule has 8 heteroatoms. The fraction of sp³-hybridized carbons (Fsp3) is 0.417. The van der Waals surface area contributed by atoms with Gasteiger partial charge < -0.3 is 11.1 Å². The van der Waals surface area contributed by atoms with Gasteiger partial charge >= 0.3 is 5.69 Å². The van der Waals surface area contributed by atoms with Crippen molar-refractivity contribution >= 4 is 11.6 Å². The van der Waals surface area contributed by atoms with E-state index in [1.165, 1.54) is 0 Å². The second kappa shape index (κ2) is 6.38.